The molecule has 0 heterocycles. The Labute approximate surface area is 193 Å². The van der Waals surface area contributed by atoms with Gasteiger partial charge in [-0.25, -0.2) is 12.4 Å². The van der Waals surface area contributed by atoms with Gasteiger partial charge in [0.15, 0.2) is 0 Å². The number of benzene rings is 3. The number of methoxy groups -OCH3 is 1. The largest absolute Gasteiger partial charge is 0.497 e. The van der Waals surface area contributed by atoms with E-state index < -0.39 is 38.0 Å². The lowest BCUT2D eigenvalue weighted by Crippen LogP contribution is -2.52. The number of alkyl halides is 6. The van der Waals surface area contributed by atoms with Crippen molar-refractivity contribution in [2.45, 2.75) is 32.3 Å². The van der Waals surface area contributed by atoms with E-state index in [2.05, 4.69) is 0 Å². The first-order chi connectivity index (χ1) is 15.9. The molecular weight excluding hydrogens is 506 g/mol. The maximum absolute atomic E-state index is 14.5. The van der Waals surface area contributed by atoms with Crippen LogP contribution in [0.25, 0.3) is 0 Å². The topological polar surface area (TPSA) is 52.6 Å². The Morgan fingerprint density at radius 1 is 0.706 bits per heavy atom. The summed E-state index contributed by atoms with van der Waals surface area (Å²) in [7, 11) is -8.97. The molecule has 0 fully saturated rings. The van der Waals surface area contributed by atoms with E-state index in [1.807, 2.05) is 0 Å². The van der Waals surface area contributed by atoms with Gasteiger partial charge in [-0.2, -0.15) is 26.0 Å². The molecule has 0 aromatic heterocycles. The lowest BCUT2D eigenvalue weighted by molar-refractivity contribution is -0.227. The van der Waals surface area contributed by atoms with Gasteiger partial charge in [-0.05, 0) is 58.8 Å². The zero-order chi connectivity index (χ0) is 25.2. The number of halogens is 6. The molecule has 0 aliphatic rings. The average Bonchev–Trinajstić information content (AvgIpc) is 2.83. The van der Waals surface area contributed by atoms with E-state index >= 15 is 0 Å². The van der Waals surface area contributed by atoms with Gasteiger partial charge in [0.1, 0.15) is 5.75 Å². The summed E-state index contributed by atoms with van der Waals surface area (Å²) in [6, 6.07) is 19.9. The van der Waals surface area contributed by atoms with Gasteiger partial charge >= 0.3 is 27.7 Å². The third kappa shape index (κ3) is 4.37. The van der Waals surface area contributed by atoms with Crippen molar-refractivity contribution >= 4 is 20.4 Å². The molecule has 3 rings (SSSR count). The monoisotopic (exact) mass is 524 g/mol. The van der Waals surface area contributed by atoms with Crippen LogP contribution in [0.15, 0.2) is 99.6 Å². The van der Waals surface area contributed by atoms with Crippen LogP contribution >= 0.6 is 10.3 Å². The fourth-order valence-corrected chi connectivity index (χ4v) is 8.19. The highest BCUT2D eigenvalue weighted by molar-refractivity contribution is 8.33. The second-order valence-corrected chi connectivity index (χ2v) is 11.3. The Morgan fingerprint density at radius 3 is 1.50 bits per heavy atom. The smallest absolute Gasteiger partial charge is 0.438 e. The first-order valence-corrected chi connectivity index (χ1v) is 12.4. The van der Waals surface area contributed by atoms with E-state index in [9.17, 15) is 34.8 Å². The van der Waals surface area contributed by atoms with Gasteiger partial charge in [0.2, 0.25) is 0 Å². The van der Waals surface area contributed by atoms with Crippen molar-refractivity contribution in [2.24, 2.45) is 0 Å². The van der Waals surface area contributed by atoms with Crippen LogP contribution < -0.4 is 4.74 Å². The zero-order valence-electron chi connectivity index (χ0n) is 17.4. The highest BCUT2D eigenvalue weighted by Gasteiger charge is 2.72. The lowest BCUT2D eigenvalue weighted by Gasteiger charge is -2.40. The molecule has 0 aliphatic heterocycles. The molecule has 0 atom stereocenters. The van der Waals surface area contributed by atoms with Crippen molar-refractivity contribution in [3.63, 3.8) is 0 Å². The summed E-state index contributed by atoms with van der Waals surface area (Å²) in [6.45, 7) is 0. The fraction of sp³-hybridized carbons (Fsp3) is 0.182. The molecule has 34 heavy (non-hydrogen) atoms. The predicted molar refractivity (Wildman–Crippen MR) is 114 cm³/mol. The van der Waals surface area contributed by atoms with Crippen LogP contribution in [0.2, 0.25) is 0 Å². The van der Waals surface area contributed by atoms with Crippen LogP contribution in [0.3, 0.4) is 0 Å². The van der Waals surface area contributed by atoms with E-state index in [0.29, 0.717) is 5.75 Å². The second-order valence-electron chi connectivity index (χ2n) is 6.82. The molecule has 0 N–H and O–H groups in total. The molecule has 0 unspecified atom stereocenters. The van der Waals surface area contributed by atoms with Crippen LogP contribution in [0.1, 0.15) is 0 Å². The maximum atomic E-state index is 14.5. The molecule has 0 saturated heterocycles. The van der Waals surface area contributed by atoms with Crippen molar-refractivity contribution in [3.05, 3.63) is 84.9 Å². The Hall–Kier alpha value is -2.70. The molecule has 4 nitrogen and oxygen atoms in total. The summed E-state index contributed by atoms with van der Waals surface area (Å²) in [6.07, 6.45) is -4.96. The molecule has 0 amide bonds. The summed E-state index contributed by atoms with van der Waals surface area (Å²) in [5.41, 5.74) is 0. The Bertz CT molecular complexity index is 1170. The van der Waals surface area contributed by atoms with Crippen molar-refractivity contribution in [3.8, 4) is 5.75 Å². The van der Waals surface area contributed by atoms with E-state index in [-0.39, 0.29) is 14.7 Å². The molecule has 0 bridgehead atoms. The number of rotatable bonds is 9. The molecule has 12 heteroatoms. The molecule has 0 radical (unpaired) electrons. The molecule has 3 aromatic rings. The highest BCUT2D eigenvalue weighted by atomic mass is 32.3. The lowest BCUT2D eigenvalue weighted by atomic mass is 10.3. The third-order valence-corrected chi connectivity index (χ3v) is 9.95. The Morgan fingerprint density at radius 2 is 1.12 bits per heavy atom. The van der Waals surface area contributed by atoms with Gasteiger partial charge in [0, 0.05) is 14.7 Å². The summed E-state index contributed by atoms with van der Waals surface area (Å²) >= 11 is 0. The summed E-state index contributed by atoms with van der Waals surface area (Å²) in [5, 5.41) is -6.23. The van der Waals surface area contributed by atoms with Gasteiger partial charge in [0.05, 0.1) is 7.11 Å². The van der Waals surface area contributed by atoms with Crippen molar-refractivity contribution in [2.75, 3.05) is 7.11 Å². The molecule has 184 valence electrons. The summed E-state index contributed by atoms with van der Waals surface area (Å²) in [4.78, 5) is 0.114. The minimum Gasteiger partial charge on any atom is -0.497 e. The van der Waals surface area contributed by atoms with Gasteiger partial charge in [-0.3, -0.25) is 0 Å². The Balaban J connectivity index is 2.35. The normalized spacial score (nSPS) is 13.6. The summed E-state index contributed by atoms with van der Waals surface area (Å²) in [5.74, 6) is -5.87. The zero-order valence-corrected chi connectivity index (χ0v) is 19.0. The van der Waals surface area contributed by atoms with Crippen LogP contribution in [0.5, 0.6) is 5.75 Å². The second kappa shape index (κ2) is 9.51. The number of hydrogen-bond acceptors (Lipinski definition) is 4. The van der Waals surface area contributed by atoms with E-state index in [1.54, 1.807) is 12.1 Å². The van der Waals surface area contributed by atoms with Gasteiger partial charge < -0.3 is 4.74 Å². The molecule has 0 spiro atoms. The van der Waals surface area contributed by atoms with Crippen LogP contribution in [0, 0.1) is 0 Å². The SMILES string of the molecule is COc1ccc(S(OS(=O)(=O)C(F)(F)C(F)(F)C(F)F)(c2ccccc2)c2ccccc2)cc1. The van der Waals surface area contributed by atoms with Crippen LogP contribution in [-0.2, 0) is 13.7 Å². The van der Waals surface area contributed by atoms with Gasteiger partial charge in [-0.1, -0.05) is 36.4 Å². The van der Waals surface area contributed by atoms with Gasteiger partial charge in [0.25, 0.3) is 0 Å². The van der Waals surface area contributed by atoms with Crippen molar-refractivity contribution in [1.29, 1.82) is 0 Å². The predicted octanol–water partition coefficient (Wildman–Crippen LogP) is 6.73. The minimum absolute atomic E-state index is 0.0189. The first-order valence-electron chi connectivity index (χ1n) is 9.47. The van der Waals surface area contributed by atoms with Crippen molar-refractivity contribution < 1.29 is 43.1 Å². The average molecular weight is 525 g/mol. The number of hydrogen-bond donors (Lipinski definition) is 0. The highest BCUT2D eigenvalue weighted by Crippen LogP contribution is 2.71. The fourth-order valence-electron chi connectivity index (χ4n) is 2.99. The molecular formula is C22H18F6O4S2. The van der Waals surface area contributed by atoms with Crippen LogP contribution in [-0.4, -0.2) is 33.1 Å². The quantitative estimate of drug-likeness (QED) is 0.291. The maximum Gasteiger partial charge on any atom is 0.438 e. The van der Waals surface area contributed by atoms with Gasteiger partial charge in [-0.15, -0.1) is 0 Å². The van der Waals surface area contributed by atoms with E-state index in [4.69, 9.17) is 8.37 Å². The first kappa shape index (κ1) is 25.9. The van der Waals surface area contributed by atoms with E-state index in [1.165, 1.54) is 79.9 Å². The molecule has 0 saturated carbocycles. The van der Waals surface area contributed by atoms with E-state index in [0.717, 1.165) is 0 Å². The Kier molecular flexibility index (Phi) is 7.25. The van der Waals surface area contributed by atoms with Crippen LogP contribution in [0.4, 0.5) is 26.3 Å². The summed E-state index contributed by atoms with van der Waals surface area (Å²) < 4.78 is 117. The molecule has 0 aliphatic carbocycles. The molecule has 3 aromatic carbocycles. The standard InChI is InChI=1S/C22H18F6O4S2/c1-31-16-12-14-19(15-13-16)33(17-8-4-2-5-9-17,18-10-6-3-7-11-18)32-34(29,30)22(27,28)21(25,26)20(23)24/h2-15,20H,1H3. The number of ether oxygens (including phenoxy) is 1. The van der Waals surface area contributed by atoms with Crippen molar-refractivity contribution in [1.82, 2.24) is 0 Å². The third-order valence-electron chi connectivity index (χ3n) is 4.71. The minimum atomic E-state index is -6.64.